The van der Waals surface area contributed by atoms with Gasteiger partial charge in [-0.3, -0.25) is 9.36 Å². The minimum absolute atomic E-state index is 0.277. The summed E-state index contributed by atoms with van der Waals surface area (Å²) in [7, 11) is 3.59. The average molecular weight is 621 g/mol. The Labute approximate surface area is 248 Å². The molecule has 0 aliphatic carbocycles. The van der Waals surface area contributed by atoms with E-state index in [2.05, 4.69) is 26.0 Å². The lowest BCUT2D eigenvalue weighted by Gasteiger charge is -2.28. The Hall–Kier alpha value is -3.18. The third-order valence-electron chi connectivity index (χ3n) is 6.29. The largest absolute Gasteiger partial charge is 0.462 e. The van der Waals surface area contributed by atoms with Crippen molar-refractivity contribution in [3.05, 3.63) is 42.5 Å². The van der Waals surface area contributed by atoms with Crippen LogP contribution in [0.2, 0.25) is 0 Å². The third-order valence-corrected chi connectivity index (χ3v) is 8.79. The summed E-state index contributed by atoms with van der Waals surface area (Å²) < 4.78 is 40.9. The summed E-state index contributed by atoms with van der Waals surface area (Å²) >= 11 is 5.72. The van der Waals surface area contributed by atoms with E-state index in [0.717, 1.165) is 0 Å². The molecule has 1 aliphatic heterocycles. The Kier molecular flexibility index (Phi) is 9.52. The van der Waals surface area contributed by atoms with Crippen LogP contribution in [0.4, 0.5) is 10.2 Å². The molecule has 15 heteroatoms. The summed E-state index contributed by atoms with van der Waals surface area (Å²) in [6.07, 6.45) is 2.01. The van der Waals surface area contributed by atoms with E-state index in [9.17, 15) is 9.90 Å². The molecule has 2 aromatic heterocycles. The maximum absolute atomic E-state index is 16.3. The van der Waals surface area contributed by atoms with Gasteiger partial charge in [-0.25, -0.2) is 24.4 Å². The fraction of sp³-hybridized carbons (Fsp3) is 0.481. The number of carbonyl (C=O) groups excluding carboxylic acids is 1. The van der Waals surface area contributed by atoms with Crippen molar-refractivity contribution in [3.63, 3.8) is 0 Å². The Morgan fingerprint density at radius 1 is 1.33 bits per heavy atom. The second-order valence-corrected chi connectivity index (χ2v) is 13.4. The summed E-state index contributed by atoms with van der Waals surface area (Å²) in [5.41, 5.74) is -2.00. The van der Waals surface area contributed by atoms with Gasteiger partial charge in [-0.05, 0) is 51.6 Å². The van der Waals surface area contributed by atoms with E-state index < -0.39 is 49.4 Å². The molecule has 0 spiro atoms. The first kappa shape index (κ1) is 31.7. The molecule has 0 amide bonds. The van der Waals surface area contributed by atoms with Crippen LogP contribution in [-0.4, -0.2) is 81.3 Å². The predicted molar refractivity (Wildman–Crippen MR) is 158 cm³/mol. The molecule has 3 aromatic rings. The fourth-order valence-electron chi connectivity index (χ4n) is 4.31. The Bertz CT molecular complexity index is 1520. The summed E-state index contributed by atoms with van der Waals surface area (Å²) in [5, 5.41) is 14.0. The number of para-hydroxylation sites is 1. The SMILES string of the molecule is C#C[C@@]1(F)[C@H](O)[C@@H](COP(=S)(N[C@H](C)C(=O)OC(C)C)Oc2ccccc2)O[C@H]1n1cnc2c(N(C)C)nc(C)nc21. The highest BCUT2D eigenvalue weighted by Gasteiger charge is 2.58. The van der Waals surface area contributed by atoms with Crippen LogP contribution in [0.1, 0.15) is 32.8 Å². The molecule has 0 bridgehead atoms. The molecule has 12 nitrogen and oxygen atoms in total. The normalized spacial score (nSPS) is 24.2. The number of carbonyl (C=O) groups is 1. The smallest absolute Gasteiger partial charge is 0.323 e. The van der Waals surface area contributed by atoms with Crippen LogP contribution in [0.5, 0.6) is 5.75 Å². The van der Waals surface area contributed by atoms with Gasteiger partial charge in [-0.1, -0.05) is 24.1 Å². The molecule has 6 atom stereocenters. The molecule has 1 unspecified atom stereocenters. The molecule has 0 saturated carbocycles. The molecule has 2 N–H and O–H groups in total. The highest BCUT2D eigenvalue weighted by Crippen LogP contribution is 2.48. The van der Waals surface area contributed by atoms with Crippen molar-refractivity contribution in [1.82, 2.24) is 24.6 Å². The lowest BCUT2D eigenvalue weighted by molar-refractivity contribution is -0.149. The number of hydrogen-bond acceptors (Lipinski definition) is 11. The summed E-state index contributed by atoms with van der Waals surface area (Å²) in [6, 6.07) is 7.72. The van der Waals surface area contributed by atoms with E-state index in [4.69, 9.17) is 36.8 Å². The van der Waals surface area contributed by atoms with Crippen LogP contribution in [0.3, 0.4) is 0 Å². The topological polar surface area (TPSA) is 133 Å². The van der Waals surface area contributed by atoms with Crippen LogP contribution >= 0.6 is 6.64 Å². The van der Waals surface area contributed by atoms with E-state index in [1.165, 1.54) is 10.9 Å². The van der Waals surface area contributed by atoms with Crippen LogP contribution in [-0.2, 0) is 30.6 Å². The van der Waals surface area contributed by atoms with Crippen molar-refractivity contribution >= 4 is 41.4 Å². The number of anilines is 1. The number of alkyl halides is 1. The molecule has 226 valence electrons. The number of rotatable bonds is 11. The zero-order valence-electron chi connectivity index (χ0n) is 24.1. The van der Waals surface area contributed by atoms with Crippen LogP contribution in [0, 0.1) is 19.3 Å². The first-order chi connectivity index (χ1) is 19.8. The number of nitrogens with one attached hydrogen (secondary N) is 1. The van der Waals surface area contributed by atoms with Gasteiger partial charge >= 0.3 is 12.6 Å². The standard InChI is InChI=1S/C27H34FN6O6PS/c1-8-27(28)22(35)20(39-26(27)34-15-29-21-23(33(6)7)30-18(5)31-24(21)34)14-37-41(42,40-19-12-10-9-11-13-19)32-17(4)25(36)38-16(2)3/h1,9-13,15-17,20,22,26,35H,14H2,2-7H3,(H,32,42)/t17-,20-,22-,26-,27-,41?/m1/s1. The number of ether oxygens (including phenoxy) is 2. The Morgan fingerprint density at radius 3 is 2.64 bits per heavy atom. The molecule has 1 aliphatic rings. The number of fused-ring (bicyclic) bond motifs is 1. The number of hydrogen-bond donors (Lipinski definition) is 2. The van der Waals surface area contributed by atoms with Crippen LogP contribution in [0.15, 0.2) is 36.7 Å². The number of aliphatic hydroxyl groups excluding tert-OH is 1. The van der Waals surface area contributed by atoms with Crippen molar-refractivity contribution in [3.8, 4) is 18.1 Å². The third kappa shape index (κ3) is 6.57. The second-order valence-electron chi connectivity index (χ2n) is 10.2. The van der Waals surface area contributed by atoms with Crippen molar-refractivity contribution in [2.45, 2.75) is 63.9 Å². The molecule has 1 aromatic carbocycles. The van der Waals surface area contributed by atoms with Crippen molar-refractivity contribution in [2.75, 3.05) is 25.6 Å². The molecule has 0 radical (unpaired) electrons. The number of benzene rings is 1. The van der Waals surface area contributed by atoms with Gasteiger partial charge in [-0.15, -0.1) is 6.42 Å². The number of imidazole rings is 1. The van der Waals surface area contributed by atoms with Crippen molar-refractivity contribution in [2.24, 2.45) is 0 Å². The van der Waals surface area contributed by atoms with E-state index in [1.807, 2.05) is 0 Å². The molecule has 4 rings (SSSR count). The van der Waals surface area contributed by atoms with Crippen LogP contribution < -0.4 is 14.5 Å². The summed E-state index contributed by atoms with van der Waals surface area (Å²) in [5.74, 6) is 2.81. The summed E-state index contributed by atoms with van der Waals surface area (Å²) in [4.78, 5) is 27.4. The lowest BCUT2D eigenvalue weighted by Crippen LogP contribution is -2.42. The predicted octanol–water partition coefficient (Wildman–Crippen LogP) is 3.05. The van der Waals surface area contributed by atoms with Gasteiger partial charge in [0.1, 0.15) is 29.8 Å². The monoisotopic (exact) mass is 620 g/mol. The first-order valence-electron chi connectivity index (χ1n) is 13.1. The maximum atomic E-state index is 16.3. The van der Waals surface area contributed by atoms with Gasteiger partial charge in [-0.2, -0.15) is 0 Å². The number of terminal acetylenes is 1. The van der Waals surface area contributed by atoms with Crippen LogP contribution in [0.25, 0.3) is 11.2 Å². The van der Waals surface area contributed by atoms with Gasteiger partial charge in [0, 0.05) is 14.1 Å². The molecule has 3 heterocycles. The van der Waals surface area contributed by atoms with Crippen molar-refractivity contribution < 1.29 is 32.8 Å². The Morgan fingerprint density at radius 2 is 2.02 bits per heavy atom. The number of aliphatic hydroxyl groups is 1. The average Bonchev–Trinajstić information content (AvgIpc) is 3.45. The van der Waals surface area contributed by atoms with Gasteiger partial charge in [0.05, 0.1) is 19.0 Å². The van der Waals surface area contributed by atoms with E-state index >= 15 is 4.39 Å². The number of aromatic nitrogens is 4. The number of aryl methyl sites for hydroxylation is 1. The number of esters is 1. The minimum Gasteiger partial charge on any atom is -0.462 e. The van der Waals surface area contributed by atoms with E-state index in [0.29, 0.717) is 22.9 Å². The van der Waals surface area contributed by atoms with E-state index in [-0.39, 0.29) is 11.8 Å². The van der Waals surface area contributed by atoms with Gasteiger partial charge in [0.25, 0.3) is 0 Å². The molecule has 1 fully saturated rings. The summed E-state index contributed by atoms with van der Waals surface area (Å²) in [6.45, 7) is 2.78. The van der Waals surface area contributed by atoms with Gasteiger partial charge in [0.15, 0.2) is 23.2 Å². The minimum atomic E-state index is -3.50. The fourth-order valence-corrected chi connectivity index (χ4v) is 6.72. The second kappa shape index (κ2) is 12.6. The maximum Gasteiger partial charge on any atom is 0.323 e. The number of halogens is 1. The zero-order chi connectivity index (χ0) is 30.8. The first-order valence-corrected chi connectivity index (χ1v) is 15.8. The lowest BCUT2D eigenvalue weighted by atomic mass is 9.97. The molecule has 42 heavy (non-hydrogen) atoms. The highest BCUT2D eigenvalue weighted by molar-refractivity contribution is 8.09. The molecular formula is C27H34FN6O6PS. The number of nitrogens with zero attached hydrogens (tertiary/aromatic N) is 5. The Balaban J connectivity index is 1.61. The quantitative estimate of drug-likeness (QED) is 0.186. The highest BCUT2D eigenvalue weighted by atomic mass is 32.5. The van der Waals surface area contributed by atoms with Crippen molar-refractivity contribution in [1.29, 1.82) is 0 Å². The van der Waals surface area contributed by atoms with Gasteiger partial charge < -0.3 is 28.5 Å². The van der Waals surface area contributed by atoms with E-state index in [1.54, 1.807) is 77.0 Å². The van der Waals surface area contributed by atoms with Gasteiger partial charge in [0.2, 0.25) is 5.67 Å². The zero-order valence-corrected chi connectivity index (χ0v) is 25.8. The molecular weight excluding hydrogens is 586 g/mol. The molecule has 1 saturated heterocycles.